The first-order valence-corrected chi connectivity index (χ1v) is 5.97. The van der Waals surface area contributed by atoms with E-state index in [1.807, 2.05) is 31.3 Å². The molecule has 0 spiro atoms. The first-order chi connectivity index (χ1) is 8.36. The Morgan fingerprint density at radius 3 is 2.71 bits per heavy atom. The zero-order chi connectivity index (χ0) is 12.3. The molecule has 2 nitrogen and oxygen atoms in total. The number of hydrogen-bond acceptors (Lipinski definition) is 2. The summed E-state index contributed by atoms with van der Waals surface area (Å²) in [6, 6.07) is 10.5. The second-order valence-electron chi connectivity index (χ2n) is 3.83. The van der Waals surface area contributed by atoms with E-state index >= 15 is 0 Å². The van der Waals surface area contributed by atoms with Gasteiger partial charge >= 0.3 is 0 Å². The normalized spacial score (nSPS) is 11.7. The van der Waals surface area contributed by atoms with Crippen LogP contribution in [0.3, 0.4) is 0 Å². The molecule has 0 fully saturated rings. The number of aryl methyl sites for hydroxylation is 1. The van der Waals surface area contributed by atoms with E-state index in [0.29, 0.717) is 0 Å². The van der Waals surface area contributed by atoms with Crippen LogP contribution in [0.4, 0.5) is 0 Å². The van der Waals surface area contributed by atoms with Crippen LogP contribution < -0.4 is 5.32 Å². The van der Waals surface area contributed by atoms with Crippen LogP contribution >= 0.6 is 0 Å². The van der Waals surface area contributed by atoms with Crippen LogP contribution in [0.1, 0.15) is 18.9 Å². The van der Waals surface area contributed by atoms with E-state index in [1.54, 1.807) is 0 Å². The van der Waals surface area contributed by atoms with Crippen molar-refractivity contribution in [1.82, 2.24) is 5.32 Å². The minimum atomic E-state index is 0.896. The smallest absolute Gasteiger partial charge is 0.0264 e. The number of rotatable bonds is 7. The predicted octanol–water partition coefficient (Wildman–Crippen LogP) is 3.32. The third kappa shape index (κ3) is 5.71. The summed E-state index contributed by atoms with van der Waals surface area (Å²) in [5.74, 6) is 0. The molecule has 0 unspecified atom stereocenters. The molecular weight excluding hydrogens is 208 g/mol. The van der Waals surface area contributed by atoms with E-state index in [9.17, 15) is 0 Å². The molecule has 0 amide bonds. The van der Waals surface area contributed by atoms with Crippen molar-refractivity contribution in [1.29, 1.82) is 5.41 Å². The summed E-state index contributed by atoms with van der Waals surface area (Å²) in [4.78, 5) is 0. The van der Waals surface area contributed by atoms with Crippen LogP contribution in [-0.2, 0) is 6.42 Å². The Morgan fingerprint density at radius 2 is 2.06 bits per heavy atom. The van der Waals surface area contributed by atoms with Gasteiger partial charge in [0.2, 0.25) is 0 Å². The third-order valence-corrected chi connectivity index (χ3v) is 2.42. The fourth-order valence-corrected chi connectivity index (χ4v) is 1.56. The summed E-state index contributed by atoms with van der Waals surface area (Å²) < 4.78 is 0. The molecule has 2 heteroatoms. The Balaban J connectivity index is 2.22. The van der Waals surface area contributed by atoms with Crippen LogP contribution in [0.25, 0.3) is 0 Å². The summed E-state index contributed by atoms with van der Waals surface area (Å²) in [7, 11) is 0. The molecule has 0 aliphatic carbocycles. The lowest BCUT2D eigenvalue weighted by Gasteiger charge is -2.02. The molecule has 0 aliphatic heterocycles. The van der Waals surface area contributed by atoms with Gasteiger partial charge in [0, 0.05) is 24.5 Å². The Bertz CT molecular complexity index is 377. The van der Waals surface area contributed by atoms with Gasteiger partial charge in [-0.2, -0.15) is 0 Å². The van der Waals surface area contributed by atoms with Crippen molar-refractivity contribution in [3.05, 3.63) is 59.8 Å². The van der Waals surface area contributed by atoms with Gasteiger partial charge in [-0.15, -0.1) is 0 Å². The Labute approximate surface area is 104 Å². The molecule has 1 aromatic rings. The Morgan fingerprint density at radius 1 is 1.29 bits per heavy atom. The number of hydrogen-bond donors (Lipinski definition) is 2. The highest BCUT2D eigenvalue weighted by Gasteiger charge is 1.91. The van der Waals surface area contributed by atoms with E-state index in [0.717, 1.165) is 25.0 Å². The lowest BCUT2D eigenvalue weighted by atomic mass is 10.1. The monoisotopic (exact) mass is 228 g/mol. The maximum atomic E-state index is 7.19. The van der Waals surface area contributed by atoms with Crippen LogP contribution in [0.15, 0.2) is 54.3 Å². The fourth-order valence-electron chi connectivity index (χ4n) is 1.56. The van der Waals surface area contributed by atoms with Gasteiger partial charge in [0.05, 0.1) is 0 Å². The van der Waals surface area contributed by atoms with Crippen molar-refractivity contribution in [3.8, 4) is 0 Å². The lowest BCUT2D eigenvalue weighted by Crippen LogP contribution is -2.09. The van der Waals surface area contributed by atoms with Gasteiger partial charge < -0.3 is 10.7 Å². The molecule has 0 aliphatic rings. The van der Waals surface area contributed by atoms with E-state index in [-0.39, 0.29) is 0 Å². The van der Waals surface area contributed by atoms with Gasteiger partial charge in [-0.3, -0.25) is 0 Å². The molecule has 0 saturated heterocycles. The van der Waals surface area contributed by atoms with Crippen molar-refractivity contribution >= 4 is 6.21 Å². The minimum Gasteiger partial charge on any atom is -0.390 e. The topological polar surface area (TPSA) is 35.9 Å². The molecule has 1 aromatic carbocycles. The average molecular weight is 228 g/mol. The van der Waals surface area contributed by atoms with E-state index in [1.165, 1.54) is 11.8 Å². The van der Waals surface area contributed by atoms with Gasteiger partial charge in [0.1, 0.15) is 0 Å². The standard InChI is InChI=1S/C15H20N2/c1-2-7-15(12-16)13-17-11-6-10-14-8-4-3-5-9-14/h2-5,7-9,12-13,16-17H,6,10-11H2,1H3/b7-2+,15-13-,16-12?. The van der Waals surface area contributed by atoms with E-state index in [2.05, 4.69) is 29.6 Å². The zero-order valence-electron chi connectivity index (χ0n) is 10.3. The van der Waals surface area contributed by atoms with Crippen molar-refractivity contribution in [2.75, 3.05) is 6.54 Å². The predicted molar refractivity (Wildman–Crippen MR) is 74.4 cm³/mol. The summed E-state index contributed by atoms with van der Waals surface area (Å²) >= 11 is 0. The second-order valence-corrected chi connectivity index (χ2v) is 3.83. The Hall–Kier alpha value is -1.83. The first-order valence-electron chi connectivity index (χ1n) is 5.97. The van der Waals surface area contributed by atoms with Crippen LogP contribution in [-0.4, -0.2) is 12.8 Å². The maximum Gasteiger partial charge on any atom is 0.0264 e. The zero-order valence-corrected chi connectivity index (χ0v) is 10.3. The maximum absolute atomic E-state index is 7.19. The van der Waals surface area contributed by atoms with Crippen molar-refractivity contribution in [3.63, 3.8) is 0 Å². The number of nitrogens with one attached hydrogen (secondary N) is 2. The fraction of sp³-hybridized carbons (Fsp3) is 0.267. The molecule has 0 saturated carbocycles. The van der Waals surface area contributed by atoms with Crippen molar-refractivity contribution in [2.45, 2.75) is 19.8 Å². The molecule has 0 radical (unpaired) electrons. The van der Waals surface area contributed by atoms with Crippen LogP contribution in [0.2, 0.25) is 0 Å². The van der Waals surface area contributed by atoms with Gasteiger partial charge in [-0.05, 0) is 25.3 Å². The first kappa shape index (κ1) is 13.2. The summed E-state index contributed by atoms with van der Waals surface area (Å²) in [6.07, 6.45) is 9.27. The molecule has 17 heavy (non-hydrogen) atoms. The summed E-state index contributed by atoms with van der Waals surface area (Å²) in [5.41, 5.74) is 2.27. The minimum absolute atomic E-state index is 0.896. The van der Waals surface area contributed by atoms with Gasteiger partial charge in [0.15, 0.2) is 0 Å². The number of benzene rings is 1. The molecule has 0 heterocycles. The van der Waals surface area contributed by atoms with E-state index in [4.69, 9.17) is 5.41 Å². The largest absolute Gasteiger partial charge is 0.390 e. The highest BCUT2D eigenvalue weighted by molar-refractivity contribution is 5.79. The highest BCUT2D eigenvalue weighted by atomic mass is 14.8. The molecule has 0 atom stereocenters. The molecule has 0 aromatic heterocycles. The third-order valence-electron chi connectivity index (χ3n) is 2.42. The summed E-state index contributed by atoms with van der Waals surface area (Å²) in [6.45, 7) is 2.89. The summed E-state index contributed by atoms with van der Waals surface area (Å²) in [5, 5.41) is 10.4. The van der Waals surface area contributed by atoms with Gasteiger partial charge in [-0.25, -0.2) is 0 Å². The molecule has 0 bridgehead atoms. The van der Waals surface area contributed by atoms with Crippen molar-refractivity contribution < 1.29 is 0 Å². The molecule has 90 valence electrons. The lowest BCUT2D eigenvalue weighted by molar-refractivity contribution is 0.751. The van der Waals surface area contributed by atoms with Gasteiger partial charge in [0.25, 0.3) is 0 Å². The molecule has 1 rings (SSSR count). The Kier molecular flexibility index (Phi) is 6.49. The SMILES string of the molecule is C/C=C/C(C=N)=C/NCCCc1ccccc1. The van der Waals surface area contributed by atoms with Crippen molar-refractivity contribution in [2.24, 2.45) is 0 Å². The van der Waals surface area contributed by atoms with Gasteiger partial charge in [-0.1, -0.05) is 42.5 Å². The van der Waals surface area contributed by atoms with Crippen LogP contribution in [0, 0.1) is 5.41 Å². The number of allylic oxidation sites excluding steroid dienone is 3. The van der Waals surface area contributed by atoms with E-state index < -0.39 is 0 Å². The quantitative estimate of drug-likeness (QED) is 0.419. The highest BCUT2D eigenvalue weighted by Crippen LogP contribution is 2.01. The molecular formula is C15H20N2. The average Bonchev–Trinajstić information content (AvgIpc) is 2.38. The molecule has 2 N–H and O–H groups in total. The second kappa shape index (κ2) is 8.34. The van der Waals surface area contributed by atoms with Crippen LogP contribution in [0.5, 0.6) is 0 Å².